The maximum absolute atomic E-state index is 11.2. The number of carboxylic acid groups (broad SMARTS) is 1. The van der Waals surface area contributed by atoms with Crippen LogP contribution >= 0.6 is 12.4 Å². The Bertz CT molecular complexity index is 188. The summed E-state index contributed by atoms with van der Waals surface area (Å²) < 4.78 is 0. The minimum absolute atomic E-state index is 0. The van der Waals surface area contributed by atoms with E-state index >= 15 is 0 Å². The maximum atomic E-state index is 11.2. The third-order valence-electron chi connectivity index (χ3n) is 3.71. The van der Waals surface area contributed by atoms with Crippen LogP contribution in [0.3, 0.4) is 0 Å². The van der Waals surface area contributed by atoms with E-state index < -0.39 is 19.5 Å². The Labute approximate surface area is 122 Å². The third-order valence-corrected chi connectivity index (χ3v) is 14.8. The van der Waals surface area contributed by atoms with Gasteiger partial charge < -0.3 is 0 Å². The quantitative estimate of drug-likeness (QED) is 0.532. The molecule has 0 atom stereocenters. The molecule has 0 amide bonds. The molecule has 0 aromatic heterocycles. The molecule has 0 rings (SSSR count). The van der Waals surface area contributed by atoms with Crippen molar-refractivity contribution in [1.82, 2.24) is 0 Å². The van der Waals surface area contributed by atoms with Crippen molar-refractivity contribution in [2.24, 2.45) is 0 Å². The van der Waals surface area contributed by atoms with E-state index in [1.165, 1.54) is 54.2 Å². The predicted octanol–water partition coefficient (Wildman–Crippen LogP) is 5.07. The number of hydrogen-bond donors (Lipinski definition) is 1. The van der Waals surface area contributed by atoms with Gasteiger partial charge in [-0.3, -0.25) is 0 Å². The smallest absolute Gasteiger partial charge is 0.147 e. The Morgan fingerprint density at radius 2 is 1.22 bits per heavy atom. The molecule has 0 aliphatic carbocycles. The van der Waals surface area contributed by atoms with Gasteiger partial charge in [-0.05, 0) is 0 Å². The van der Waals surface area contributed by atoms with Crippen molar-refractivity contribution in [2.45, 2.75) is 80.1 Å². The summed E-state index contributed by atoms with van der Waals surface area (Å²) in [6.07, 6.45) is 7.39. The molecule has 0 unspecified atom stereocenters. The largest absolute Gasteiger partial charge is 0.147 e. The molecular weight excluding hydrogens is 311 g/mol. The normalized spacial score (nSPS) is 11.9. The summed E-state index contributed by atoms with van der Waals surface area (Å²) in [5, 5.41) is 13.6. The molecule has 1 N–H and O–H groups in total. The van der Waals surface area contributed by atoms with E-state index in [2.05, 4.69) is 20.8 Å². The van der Waals surface area contributed by atoms with Crippen LogP contribution < -0.4 is 0 Å². The van der Waals surface area contributed by atoms with Crippen LogP contribution in [-0.4, -0.2) is 24.6 Å². The molecule has 0 aliphatic rings. The Balaban J connectivity index is 0. The zero-order valence-corrected chi connectivity index (χ0v) is 15.2. The maximum Gasteiger partial charge on any atom is -0.147 e. The number of rotatable bonds is 11. The van der Waals surface area contributed by atoms with E-state index in [1.807, 2.05) is 0 Å². The molecule has 18 heavy (non-hydrogen) atoms. The molecule has 0 bridgehead atoms. The zero-order valence-electron chi connectivity index (χ0n) is 12.3. The van der Waals surface area contributed by atoms with E-state index in [9.17, 15) is 9.90 Å². The standard InChI is InChI=1S/C14H31AsO2.ClH/c1-4-7-10-15(11-8-5-2,12-9-6-3)13-14(16)17;/h15H,4-13H2,1-3H3,(H,16,17);1H. The summed E-state index contributed by atoms with van der Waals surface area (Å²) in [6.45, 7) is 6.65. The molecule has 0 spiro atoms. The minimum Gasteiger partial charge on any atom is -0.147 e. The van der Waals surface area contributed by atoms with Crippen LogP contribution in [0.25, 0.3) is 0 Å². The Morgan fingerprint density at radius 1 is 0.889 bits per heavy atom. The second kappa shape index (κ2) is 12.4. The average molecular weight is 343 g/mol. The van der Waals surface area contributed by atoms with Crippen molar-refractivity contribution in [1.29, 1.82) is 0 Å². The van der Waals surface area contributed by atoms with Gasteiger partial charge in [-0.15, -0.1) is 12.4 Å². The van der Waals surface area contributed by atoms with E-state index in [1.54, 1.807) is 0 Å². The number of halogens is 1. The van der Waals surface area contributed by atoms with Crippen molar-refractivity contribution in [2.75, 3.05) is 0 Å². The molecule has 0 saturated carbocycles. The summed E-state index contributed by atoms with van der Waals surface area (Å²) in [6, 6.07) is 0. The van der Waals surface area contributed by atoms with Crippen LogP contribution in [0.4, 0.5) is 0 Å². The predicted molar refractivity (Wildman–Crippen MR) is 86.0 cm³/mol. The number of carbonyl (C=O) groups is 1. The summed E-state index contributed by atoms with van der Waals surface area (Å²) in [5.41, 5.74) is 0. The van der Waals surface area contributed by atoms with Crippen LogP contribution in [0, 0.1) is 0 Å². The van der Waals surface area contributed by atoms with Gasteiger partial charge in [-0.2, -0.15) is 0 Å². The Hall–Kier alpha value is 0.318. The Kier molecular flexibility index (Phi) is 14.2. The molecule has 4 heteroatoms. The molecule has 0 aromatic carbocycles. The van der Waals surface area contributed by atoms with Crippen molar-refractivity contribution in [3.8, 4) is 0 Å². The first-order valence-corrected chi connectivity index (χ1v) is 13.3. The third kappa shape index (κ3) is 9.28. The summed E-state index contributed by atoms with van der Waals surface area (Å²) in [5.74, 6) is -0.534. The molecule has 2 nitrogen and oxygen atoms in total. The van der Waals surface area contributed by atoms with Crippen molar-refractivity contribution < 1.29 is 9.90 Å². The van der Waals surface area contributed by atoms with Crippen molar-refractivity contribution >= 4 is 31.9 Å². The number of aliphatic carboxylic acids is 1. The number of hydrogen-bond acceptors (Lipinski definition) is 1. The van der Waals surface area contributed by atoms with E-state index in [0.29, 0.717) is 5.21 Å². The summed E-state index contributed by atoms with van der Waals surface area (Å²) in [7, 11) is 0. The molecule has 112 valence electrons. The molecule has 0 aliphatic heterocycles. The van der Waals surface area contributed by atoms with Crippen molar-refractivity contribution in [3.63, 3.8) is 0 Å². The van der Waals surface area contributed by atoms with Crippen LogP contribution in [-0.2, 0) is 4.79 Å². The van der Waals surface area contributed by atoms with Gasteiger partial charge in [0, 0.05) is 0 Å². The fourth-order valence-corrected chi connectivity index (χ4v) is 13.6. The van der Waals surface area contributed by atoms with Crippen LogP contribution in [0.5, 0.6) is 0 Å². The van der Waals surface area contributed by atoms with Gasteiger partial charge in [0.15, 0.2) is 0 Å². The van der Waals surface area contributed by atoms with E-state index in [0.717, 1.165) is 0 Å². The minimum atomic E-state index is -2.08. The monoisotopic (exact) mass is 342 g/mol. The fraction of sp³-hybridized carbons (Fsp3) is 0.929. The van der Waals surface area contributed by atoms with E-state index in [-0.39, 0.29) is 12.4 Å². The van der Waals surface area contributed by atoms with Crippen LogP contribution in [0.1, 0.15) is 59.3 Å². The van der Waals surface area contributed by atoms with Gasteiger partial charge in [0.25, 0.3) is 0 Å². The SMILES string of the molecule is CCCC[AsH](CCCC)(CCCC)CC(=O)O.Cl. The number of carboxylic acids is 1. The molecule has 0 heterocycles. The molecule has 0 aromatic rings. The van der Waals surface area contributed by atoms with Gasteiger partial charge in [-0.25, -0.2) is 0 Å². The molecular formula is C14H32AsClO2. The molecule has 0 fully saturated rings. The van der Waals surface area contributed by atoms with Crippen LogP contribution in [0.2, 0.25) is 20.8 Å². The average Bonchev–Trinajstić information content (AvgIpc) is 2.30. The number of unbranched alkanes of at least 4 members (excludes halogenated alkanes) is 3. The first-order valence-electron chi connectivity index (χ1n) is 7.32. The summed E-state index contributed by atoms with van der Waals surface area (Å²) >= 11 is -2.08. The van der Waals surface area contributed by atoms with Gasteiger partial charge in [0.2, 0.25) is 0 Å². The van der Waals surface area contributed by atoms with E-state index in [4.69, 9.17) is 0 Å². The zero-order chi connectivity index (χ0) is 13.1. The first kappa shape index (κ1) is 20.6. The molecule has 0 radical (unpaired) electrons. The van der Waals surface area contributed by atoms with Crippen LogP contribution in [0.15, 0.2) is 0 Å². The van der Waals surface area contributed by atoms with Crippen molar-refractivity contribution in [3.05, 3.63) is 0 Å². The Morgan fingerprint density at radius 3 is 1.44 bits per heavy atom. The van der Waals surface area contributed by atoms with Gasteiger partial charge in [0.05, 0.1) is 0 Å². The first-order chi connectivity index (χ1) is 8.10. The second-order valence-corrected chi connectivity index (χ2v) is 15.6. The fourth-order valence-electron chi connectivity index (χ4n) is 2.62. The summed E-state index contributed by atoms with van der Waals surface area (Å²) in [4.78, 5) is 11.2. The molecule has 0 saturated heterocycles. The van der Waals surface area contributed by atoms with Gasteiger partial charge in [-0.1, -0.05) is 0 Å². The van der Waals surface area contributed by atoms with Gasteiger partial charge in [0.1, 0.15) is 0 Å². The topological polar surface area (TPSA) is 37.3 Å². The van der Waals surface area contributed by atoms with Gasteiger partial charge >= 0.3 is 110 Å². The second-order valence-electron chi connectivity index (χ2n) is 5.38.